The summed E-state index contributed by atoms with van der Waals surface area (Å²) in [5.41, 5.74) is 8.96. The maximum atomic E-state index is 6.62. The molecule has 50 heavy (non-hydrogen) atoms. The van der Waals surface area contributed by atoms with E-state index in [0.29, 0.717) is 17.5 Å². The number of hydrogen-bond donors (Lipinski definition) is 0. The van der Waals surface area contributed by atoms with E-state index in [1.807, 2.05) is 53.8 Å². The van der Waals surface area contributed by atoms with Crippen LogP contribution in [0, 0.1) is 0 Å². The van der Waals surface area contributed by atoms with Crippen LogP contribution in [0.4, 0.5) is 0 Å². The maximum Gasteiger partial charge on any atom is 0.167 e. The van der Waals surface area contributed by atoms with Gasteiger partial charge in [-0.15, -0.1) is 11.3 Å². The van der Waals surface area contributed by atoms with Crippen molar-refractivity contribution in [2.75, 3.05) is 0 Å². The first-order valence-corrected chi connectivity index (χ1v) is 17.4. The molecule has 10 rings (SSSR count). The monoisotopic (exact) mass is 657 g/mol. The highest BCUT2D eigenvalue weighted by molar-refractivity contribution is 7.26. The predicted octanol–water partition coefficient (Wildman–Crippen LogP) is 12.5. The van der Waals surface area contributed by atoms with Crippen LogP contribution < -0.4 is 0 Å². The minimum Gasteiger partial charge on any atom is -0.455 e. The molecule has 3 aromatic heterocycles. The molecule has 0 aliphatic heterocycles. The van der Waals surface area contributed by atoms with E-state index < -0.39 is 0 Å². The zero-order valence-corrected chi connectivity index (χ0v) is 27.6. The second-order valence-electron chi connectivity index (χ2n) is 12.4. The van der Waals surface area contributed by atoms with Gasteiger partial charge in [0.15, 0.2) is 17.5 Å². The normalized spacial score (nSPS) is 11.6. The van der Waals surface area contributed by atoms with Crippen LogP contribution in [0.3, 0.4) is 0 Å². The summed E-state index contributed by atoms with van der Waals surface area (Å²) in [6.07, 6.45) is 0. The maximum absolute atomic E-state index is 6.62. The van der Waals surface area contributed by atoms with Gasteiger partial charge in [-0.3, -0.25) is 0 Å². The summed E-state index contributed by atoms with van der Waals surface area (Å²) in [5.74, 6) is 1.80. The lowest BCUT2D eigenvalue weighted by molar-refractivity contribution is 0.669. The molecule has 0 amide bonds. The molecule has 0 aliphatic carbocycles. The fourth-order valence-corrected chi connectivity index (χ4v) is 8.14. The highest BCUT2D eigenvalue weighted by atomic mass is 32.1. The molecule has 0 spiro atoms. The number of furan rings is 1. The van der Waals surface area contributed by atoms with Crippen molar-refractivity contribution in [3.8, 4) is 56.4 Å². The van der Waals surface area contributed by atoms with Gasteiger partial charge in [-0.05, 0) is 46.5 Å². The van der Waals surface area contributed by atoms with Gasteiger partial charge in [-0.25, -0.2) is 15.0 Å². The molecule has 0 saturated heterocycles. The SMILES string of the molecule is c1ccc(-c2ccc(-c3nc(-c4ccccc4)nc(-c4cccc5c4oc4ccc(-c6cccc7c6sc6ccccc67)cc45)n3)cc2)cc1. The quantitative estimate of drug-likeness (QED) is 0.185. The molecule has 0 fully saturated rings. The first-order chi connectivity index (χ1) is 24.8. The van der Waals surface area contributed by atoms with Crippen molar-refractivity contribution in [1.82, 2.24) is 15.0 Å². The van der Waals surface area contributed by atoms with E-state index in [9.17, 15) is 0 Å². The average molecular weight is 658 g/mol. The van der Waals surface area contributed by atoms with Gasteiger partial charge in [0.25, 0.3) is 0 Å². The van der Waals surface area contributed by atoms with E-state index in [-0.39, 0.29) is 0 Å². The minimum atomic E-state index is 0.570. The molecule has 0 radical (unpaired) electrons. The third-order valence-corrected chi connectivity index (χ3v) is 10.6. The van der Waals surface area contributed by atoms with Crippen molar-refractivity contribution in [2.24, 2.45) is 0 Å². The van der Waals surface area contributed by atoms with Crippen LogP contribution in [0.5, 0.6) is 0 Å². The van der Waals surface area contributed by atoms with Crippen molar-refractivity contribution in [1.29, 1.82) is 0 Å². The lowest BCUT2D eigenvalue weighted by Gasteiger charge is -2.09. The van der Waals surface area contributed by atoms with Crippen molar-refractivity contribution in [2.45, 2.75) is 0 Å². The molecule has 0 aliphatic rings. The summed E-state index contributed by atoms with van der Waals surface area (Å²) in [5, 5.41) is 4.68. The lowest BCUT2D eigenvalue weighted by Crippen LogP contribution is -2.00. The summed E-state index contributed by atoms with van der Waals surface area (Å²) in [4.78, 5) is 15.0. The van der Waals surface area contributed by atoms with Gasteiger partial charge < -0.3 is 4.42 Å². The van der Waals surface area contributed by atoms with Crippen LogP contribution in [0.1, 0.15) is 0 Å². The molecule has 0 saturated carbocycles. The number of hydrogen-bond acceptors (Lipinski definition) is 5. The van der Waals surface area contributed by atoms with Crippen LogP contribution in [0.25, 0.3) is 98.5 Å². The molecule has 10 aromatic rings. The van der Waals surface area contributed by atoms with Crippen molar-refractivity contribution < 1.29 is 4.42 Å². The summed E-state index contributed by atoms with van der Waals surface area (Å²) in [6.45, 7) is 0. The van der Waals surface area contributed by atoms with E-state index in [2.05, 4.69) is 121 Å². The molecule has 5 heteroatoms. The molecule has 234 valence electrons. The van der Waals surface area contributed by atoms with Crippen LogP contribution >= 0.6 is 11.3 Å². The van der Waals surface area contributed by atoms with Gasteiger partial charge >= 0.3 is 0 Å². The Labute approximate surface area is 292 Å². The predicted molar refractivity (Wildman–Crippen MR) is 207 cm³/mol. The van der Waals surface area contributed by atoms with E-state index in [4.69, 9.17) is 19.4 Å². The number of thiophene rings is 1. The molecule has 0 N–H and O–H groups in total. The van der Waals surface area contributed by atoms with E-state index in [1.54, 1.807) is 0 Å². The summed E-state index contributed by atoms with van der Waals surface area (Å²) in [6, 6.07) is 56.8. The summed E-state index contributed by atoms with van der Waals surface area (Å²) >= 11 is 1.85. The number of aromatic nitrogens is 3. The number of para-hydroxylation sites is 1. The van der Waals surface area contributed by atoms with Gasteiger partial charge in [0.2, 0.25) is 0 Å². The number of nitrogens with zero attached hydrogens (tertiary/aromatic N) is 3. The highest BCUT2D eigenvalue weighted by Crippen LogP contribution is 2.42. The summed E-state index contributed by atoms with van der Waals surface area (Å²) in [7, 11) is 0. The first-order valence-electron chi connectivity index (χ1n) is 16.6. The molecular weight excluding hydrogens is 631 g/mol. The topological polar surface area (TPSA) is 51.8 Å². The number of benzene rings is 7. The fraction of sp³-hybridized carbons (Fsp3) is 0. The van der Waals surface area contributed by atoms with Crippen LogP contribution in [-0.2, 0) is 0 Å². The van der Waals surface area contributed by atoms with E-state index >= 15 is 0 Å². The minimum absolute atomic E-state index is 0.570. The Morgan fingerprint density at radius 2 is 0.940 bits per heavy atom. The molecule has 7 aromatic carbocycles. The van der Waals surface area contributed by atoms with E-state index in [1.165, 1.54) is 31.3 Å². The van der Waals surface area contributed by atoms with Gasteiger partial charge in [-0.2, -0.15) is 0 Å². The zero-order valence-electron chi connectivity index (χ0n) is 26.7. The Balaban J connectivity index is 1.12. The standard InChI is InChI=1S/C45H27N3OS/c1-3-11-28(12-4-1)29-21-23-31(24-22-29)44-46-43(30-13-5-2-6-14-30)47-45(48-44)37-19-10-17-35-38-27-32(25-26-39(38)49-41(35)37)33-16-9-18-36-34-15-7-8-20-40(34)50-42(33)36/h1-27H. The smallest absolute Gasteiger partial charge is 0.167 e. The van der Waals surface area contributed by atoms with E-state index in [0.717, 1.165) is 49.8 Å². The number of rotatable bonds is 5. The van der Waals surface area contributed by atoms with Crippen LogP contribution in [0.2, 0.25) is 0 Å². The molecule has 3 heterocycles. The fourth-order valence-electron chi connectivity index (χ4n) is 6.90. The zero-order chi connectivity index (χ0) is 33.0. The lowest BCUT2D eigenvalue weighted by atomic mass is 10.00. The molecular formula is C45H27N3OS. The first kappa shape index (κ1) is 28.6. The van der Waals surface area contributed by atoms with Crippen molar-refractivity contribution in [3.63, 3.8) is 0 Å². The largest absolute Gasteiger partial charge is 0.455 e. The van der Waals surface area contributed by atoms with Crippen LogP contribution in [-0.4, -0.2) is 15.0 Å². The van der Waals surface area contributed by atoms with Gasteiger partial charge in [0.05, 0.1) is 5.56 Å². The highest BCUT2D eigenvalue weighted by Gasteiger charge is 2.19. The average Bonchev–Trinajstić information content (AvgIpc) is 3.77. The van der Waals surface area contributed by atoms with Gasteiger partial charge in [0.1, 0.15) is 11.2 Å². The Bertz CT molecular complexity index is 2860. The Kier molecular flexibility index (Phi) is 6.64. The third kappa shape index (κ3) is 4.79. The molecule has 4 nitrogen and oxygen atoms in total. The van der Waals surface area contributed by atoms with Gasteiger partial charge in [0, 0.05) is 42.1 Å². The number of fused-ring (bicyclic) bond motifs is 6. The molecule has 0 bridgehead atoms. The Hall–Kier alpha value is -6.43. The van der Waals surface area contributed by atoms with Crippen molar-refractivity contribution >= 4 is 53.4 Å². The second-order valence-corrected chi connectivity index (χ2v) is 13.4. The Morgan fingerprint density at radius 1 is 0.380 bits per heavy atom. The molecule has 0 unspecified atom stereocenters. The second kappa shape index (κ2) is 11.6. The molecule has 0 atom stereocenters. The third-order valence-electron chi connectivity index (χ3n) is 9.37. The van der Waals surface area contributed by atoms with Gasteiger partial charge in [-0.1, -0.05) is 140 Å². The van der Waals surface area contributed by atoms with Crippen LogP contribution in [0.15, 0.2) is 168 Å². The Morgan fingerprint density at radius 3 is 1.72 bits per heavy atom. The van der Waals surface area contributed by atoms with Crippen molar-refractivity contribution in [3.05, 3.63) is 164 Å². The summed E-state index contributed by atoms with van der Waals surface area (Å²) < 4.78 is 9.22.